The maximum atomic E-state index is 5.31. The normalized spacial score (nSPS) is 11.7. The van der Waals surface area contributed by atoms with Gasteiger partial charge in [-0.3, -0.25) is 0 Å². The summed E-state index contributed by atoms with van der Waals surface area (Å²) < 4.78 is 2.41. The van der Waals surface area contributed by atoms with Crippen LogP contribution in [0, 0.1) is 0 Å². The van der Waals surface area contributed by atoms with E-state index in [0.29, 0.717) is 0 Å². The van der Waals surface area contributed by atoms with Crippen LogP contribution in [0.5, 0.6) is 0 Å². The highest BCUT2D eigenvalue weighted by Gasteiger charge is 2.17. The van der Waals surface area contributed by atoms with Gasteiger partial charge in [-0.05, 0) is 35.0 Å². The highest BCUT2D eigenvalue weighted by Crippen LogP contribution is 2.38. The van der Waals surface area contributed by atoms with E-state index < -0.39 is 0 Å². The summed E-state index contributed by atoms with van der Waals surface area (Å²) in [5, 5.41) is 7.24. The minimum atomic E-state index is 0.890. The fourth-order valence-electron chi connectivity index (χ4n) is 6.57. The van der Waals surface area contributed by atoms with Crippen LogP contribution < -0.4 is 0 Å². The molecule has 0 unspecified atom stereocenters. The first-order valence-electron chi connectivity index (χ1n) is 14.6. The van der Waals surface area contributed by atoms with Crippen molar-refractivity contribution in [2.45, 2.75) is 0 Å². The summed E-state index contributed by atoms with van der Waals surface area (Å²) in [6, 6.07) is 53.6. The van der Waals surface area contributed by atoms with Crippen LogP contribution in [0.1, 0.15) is 0 Å². The molecule has 0 amide bonds. The molecule has 0 fully saturated rings. The average Bonchev–Trinajstić information content (AvgIpc) is 3.43. The second kappa shape index (κ2) is 9.37. The lowest BCUT2D eigenvalue weighted by atomic mass is 10.0. The minimum absolute atomic E-state index is 0.890. The van der Waals surface area contributed by atoms with Crippen LogP contribution in [0.15, 0.2) is 152 Å². The Hall–Kier alpha value is -5.80. The molecule has 9 aromatic rings. The minimum Gasteiger partial charge on any atom is -0.309 e. The van der Waals surface area contributed by atoms with Gasteiger partial charge in [0.1, 0.15) is 0 Å². The molecule has 0 saturated heterocycles. The standard InChI is InChI=1S/C40H25N3/c1-3-12-27(13-4-1)37-38(28-14-5-2-6-15-28)42-39-31-23-21-30(25-29(31)20-24-35(39)41-37)43-36-18-10-9-17-33(36)34-22-19-26-11-7-8-16-32(26)40(34)43/h1-25H. The van der Waals surface area contributed by atoms with Crippen molar-refractivity contribution in [3.63, 3.8) is 0 Å². The van der Waals surface area contributed by atoms with Crippen LogP contribution in [0.4, 0.5) is 0 Å². The van der Waals surface area contributed by atoms with E-state index in [0.717, 1.165) is 50.0 Å². The lowest BCUT2D eigenvalue weighted by molar-refractivity contribution is 1.19. The molecular formula is C40H25N3. The molecule has 0 N–H and O–H groups in total. The van der Waals surface area contributed by atoms with Crippen LogP contribution in [0.3, 0.4) is 0 Å². The molecule has 9 rings (SSSR count). The molecule has 0 aliphatic carbocycles. The third-order valence-corrected chi connectivity index (χ3v) is 8.55. The van der Waals surface area contributed by atoms with Gasteiger partial charge in [0, 0.05) is 38.4 Å². The number of rotatable bonds is 3. The SMILES string of the molecule is c1ccc(-c2nc3ccc4cc(-n5c6ccccc6c6ccc7ccccc7c65)ccc4c3nc2-c2ccccc2)cc1. The molecule has 0 saturated carbocycles. The maximum Gasteiger partial charge on any atom is 0.0973 e. The Morgan fingerprint density at radius 2 is 1.05 bits per heavy atom. The van der Waals surface area contributed by atoms with Crippen molar-refractivity contribution in [1.82, 2.24) is 14.5 Å². The van der Waals surface area contributed by atoms with E-state index in [1.54, 1.807) is 0 Å². The summed E-state index contributed by atoms with van der Waals surface area (Å²) in [5.74, 6) is 0. The first kappa shape index (κ1) is 23.9. The van der Waals surface area contributed by atoms with Crippen molar-refractivity contribution >= 4 is 54.4 Å². The number of para-hydroxylation sites is 1. The van der Waals surface area contributed by atoms with Crippen molar-refractivity contribution < 1.29 is 0 Å². The lowest BCUT2D eigenvalue weighted by Gasteiger charge is -2.14. The molecule has 200 valence electrons. The van der Waals surface area contributed by atoms with Crippen LogP contribution in [0.2, 0.25) is 0 Å². The fourth-order valence-corrected chi connectivity index (χ4v) is 6.57. The van der Waals surface area contributed by atoms with Crippen molar-refractivity contribution in [3.05, 3.63) is 152 Å². The van der Waals surface area contributed by atoms with Crippen LogP contribution >= 0.6 is 0 Å². The molecule has 2 aromatic heterocycles. The quantitative estimate of drug-likeness (QED) is 0.206. The Balaban J connectivity index is 1.32. The third-order valence-electron chi connectivity index (χ3n) is 8.55. The Bertz CT molecular complexity index is 2490. The van der Waals surface area contributed by atoms with Crippen LogP contribution in [-0.2, 0) is 0 Å². The van der Waals surface area contributed by atoms with E-state index in [9.17, 15) is 0 Å². The van der Waals surface area contributed by atoms with Crippen molar-refractivity contribution in [2.24, 2.45) is 0 Å². The van der Waals surface area contributed by atoms with Gasteiger partial charge in [-0.2, -0.15) is 0 Å². The van der Waals surface area contributed by atoms with Gasteiger partial charge < -0.3 is 4.57 Å². The Morgan fingerprint density at radius 3 is 1.84 bits per heavy atom. The van der Waals surface area contributed by atoms with E-state index >= 15 is 0 Å². The van der Waals surface area contributed by atoms with Crippen molar-refractivity contribution in [3.8, 4) is 28.2 Å². The highest BCUT2D eigenvalue weighted by atomic mass is 15.0. The zero-order valence-electron chi connectivity index (χ0n) is 23.3. The molecule has 3 heteroatoms. The zero-order chi connectivity index (χ0) is 28.3. The summed E-state index contributed by atoms with van der Waals surface area (Å²) in [6.45, 7) is 0. The number of nitrogens with zero attached hydrogens (tertiary/aromatic N) is 3. The Labute approximate surface area is 248 Å². The summed E-state index contributed by atoms with van der Waals surface area (Å²) in [6.07, 6.45) is 0. The second-order valence-electron chi connectivity index (χ2n) is 11.0. The van der Waals surface area contributed by atoms with Crippen LogP contribution in [-0.4, -0.2) is 14.5 Å². The van der Waals surface area contributed by atoms with Crippen molar-refractivity contribution in [2.75, 3.05) is 0 Å². The van der Waals surface area contributed by atoms with Gasteiger partial charge in [0.25, 0.3) is 0 Å². The van der Waals surface area contributed by atoms with E-state index in [1.165, 1.54) is 32.6 Å². The molecular weight excluding hydrogens is 522 g/mol. The number of hydrogen-bond acceptors (Lipinski definition) is 2. The number of fused-ring (bicyclic) bond motifs is 8. The van der Waals surface area contributed by atoms with E-state index in [-0.39, 0.29) is 0 Å². The Morgan fingerprint density at radius 1 is 0.419 bits per heavy atom. The summed E-state index contributed by atoms with van der Waals surface area (Å²) in [4.78, 5) is 10.5. The van der Waals surface area contributed by atoms with Gasteiger partial charge in [-0.25, -0.2) is 9.97 Å². The predicted molar refractivity (Wildman–Crippen MR) is 180 cm³/mol. The molecule has 0 atom stereocenters. The Kier molecular flexibility index (Phi) is 5.20. The van der Waals surface area contributed by atoms with E-state index in [2.05, 4.69) is 144 Å². The average molecular weight is 548 g/mol. The van der Waals surface area contributed by atoms with Gasteiger partial charge in [0.05, 0.1) is 33.5 Å². The molecule has 2 heterocycles. The third kappa shape index (κ3) is 3.68. The molecule has 0 spiro atoms. The summed E-state index contributed by atoms with van der Waals surface area (Å²) in [5.41, 5.74) is 9.28. The monoisotopic (exact) mass is 547 g/mol. The lowest BCUT2D eigenvalue weighted by Crippen LogP contribution is -1.97. The highest BCUT2D eigenvalue weighted by molar-refractivity contribution is 6.19. The first-order chi connectivity index (χ1) is 21.3. The van der Waals surface area contributed by atoms with E-state index in [1.807, 2.05) is 12.1 Å². The zero-order valence-corrected chi connectivity index (χ0v) is 23.3. The maximum absolute atomic E-state index is 5.31. The molecule has 0 bridgehead atoms. The topological polar surface area (TPSA) is 30.7 Å². The molecule has 3 nitrogen and oxygen atoms in total. The van der Waals surface area contributed by atoms with Gasteiger partial charge in [-0.15, -0.1) is 0 Å². The number of hydrogen-bond donors (Lipinski definition) is 0. The van der Waals surface area contributed by atoms with Gasteiger partial charge in [-0.1, -0.05) is 127 Å². The van der Waals surface area contributed by atoms with Gasteiger partial charge in [0.15, 0.2) is 0 Å². The van der Waals surface area contributed by atoms with Crippen molar-refractivity contribution in [1.29, 1.82) is 0 Å². The predicted octanol–water partition coefficient (Wildman–Crippen LogP) is 10.4. The van der Waals surface area contributed by atoms with Gasteiger partial charge >= 0.3 is 0 Å². The van der Waals surface area contributed by atoms with Crippen LogP contribution in [0.25, 0.3) is 82.6 Å². The molecule has 0 aliphatic rings. The second-order valence-corrected chi connectivity index (χ2v) is 11.0. The first-order valence-corrected chi connectivity index (χ1v) is 14.6. The smallest absolute Gasteiger partial charge is 0.0973 e. The number of aromatic nitrogens is 3. The largest absolute Gasteiger partial charge is 0.309 e. The fraction of sp³-hybridized carbons (Fsp3) is 0. The summed E-state index contributed by atoms with van der Waals surface area (Å²) >= 11 is 0. The molecule has 0 aliphatic heterocycles. The summed E-state index contributed by atoms with van der Waals surface area (Å²) in [7, 11) is 0. The molecule has 0 radical (unpaired) electrons. The van der Waals surface area contributed by atoms with Gasteiger partial charge in [0.2, 0.25) is 0 Å². The number of benzene rings is 7. The van der Waals surface area contributed by atoms with E-state index in [4.69, 9.17) is 9.97 Å². The molecule has 43 heavy (non-hydrogen) atoms. The molecule has 7 aromatic carbocycles.